The van der Waals surface area contributed by atoms with Crippen molar-refractivity contribution in [1.82, 2.24) is 0 Å². The Morgan fingerprint density at radius 1 is 0.226 bits per heavy atom. The van der Waals surface area contributed by atoms with Crippen LogP contribution in [0.5, 0.6) is 0 Å². The Morgan fingerprint density at radius 3 is 0.613 bits per heavy atom. The molecule has 6 atom stereocenters. The minimum Gasteiger partial charge on any atom is -0.481 e. The molecule has 35 nitrogen and oxygen atoms in total. The second-order valence-corrected chi connectivity index (χ2v) is 19.7. The lowest BCUT2D eigenvalue weighted by molar-refractivity contribution is -0.244. The molecule has 0 aromatic rings. The molecule has 0 rings (SSSR count). The molecular formula is C58H106O35. The van der Waals surface area contributed by atoms with Gasteiger partial charge in [0.1, 0.15) is 36.6 Å². The van der Waals surface area contributed by atoms with Gasteiger partial charge >= 0.3 is 35.8 Å². The van der Waals surface area contributed by atoms with Gasteiger partial charge in [-0.2, -0.15) is 0 Å². The zero-order valence-electron chi connectivity index (χ0n) is 53.8. The largest absolute Gasteiger partial charge is 0.481 e. The standard InChI is InChI=1S/C58H106O35/c1-2-10-72-19-21-80-35-47(87-29-23-74-13-4-53(59)60)37-82-39-49(89-31-25-76-15-6-55(63)64)41-84-43-51(91-33-27-78-17-8-57(67)68)45-86-46-52(92-34-28-79-18-9-58(69)70)44-85-42-50(90-32-26-77-16-7-56(65)66)40-83-38-48(88-30-24-75-14-5-54(61)62)36-81-22-20-73-11-3-12-93-71/h47-52,71H,2-46H2,1H3,(H,59,60)(H,61,62)(H,63,64)(H,65,66)(H,67,68)(H,69,70). The maximum absolute atomic E-state index is 11.1. The first kappa shape index (κ1) is 88.9. The van der Waals surface area contributed by atoms with Gasteiger partial charge in [-0.1, -0.05) is 6.92 Å². The highest BCUT2D eigenvalue weighted by molar-refractivity contribution is 5.68. The minimum absolute atomic E-state index is 0.00683. The topological polar surface area (TPSA) is 447 Å². The van der Waals surface area contributed by atoms with Crippen LogP contribution < -0.4 is 0 Å². The van der Waals surface area contributed by atoms with Crippen molar-refractivity contribution in [3.63, 3.8) is 0 Å². The molecule has 0 aromatic carbocycles. The SMILES string of the molecule is CCCOCCOCC(COCC(COCC(COCC(COCC(COCC(COCCOCCCOO)OCCOCCC(=O)O)OCCOCCC(=O)O)OCCOCCC(=O)O)OCCOCCC(=O)O)OCCOCCC(=O)O)OCCOCCC(=O)O. The van der Waals surface area contributed by atoms with E-state index >= 15 is 0 Å². The summed E-state index contributed by atoms with van der Waals surface area (Å²) in [5.74, 6) is -6.13. The van der Waals surface area contributed by atoms with E-state index in [1.807, 2.05) is 6.92 Å². The van der Waals surface area contributed by atoms with Gasteiger partial charge in [0.25, 0.3) is 0 Å². The molecule has 0 aliphatic carbocycles. The van der Waals surface area contributed by atoms with Gasteiger partial charge in [-0.25, -0.2) is 4.89 Å². The monoisotopic (exact) mass is 1360 g/mol. The van der Waals surface area contributed by atoms with Crippen molar-refractivity contribution in [1.29, 1.82) is 0 Å². The third-order valence-corrected chi connectivity index (χ3v) is 11.5. The fraction of sp³-hybridized carbons (Fsp3) is 0.897. The van der Waals surface area contributed by atoms with Crippen molar-refractivity contribution < 1.29 is 169 Å². The van der Waals surface area contributed by atoms with E-state index in [1.165, 1.54) is 0 Å². The third kappa shape index (κ3) is 67.7. The molecule has 0 aromatic heterocycles. The van der Waals surface area contributed by atoms with E-state index < -0.39 is 72.4 Å². The first-order valence-corrected chi connectivity index (χ1v) is 31.1. The summed E-state index contributed by atoms with van der Waals surface area (Å²) in [5, 5.41) is 62.6. The summed E-state index contributed by atoms with van der Waals surface area (Å²) < 4.78 is 122. The maximum Gasteiger partial charge on any atom is 0.305 e. The number of hydrogen-bond donors (Lipinski definition) is 7. The van der Waals surface area contributed by atoms with E-state index in [-0.39, 0.29) is 257 Å². The molecule has 0 heterocycles. The second kappa shape index (κ2) is 67.9. The summed E-state index contributed by atoms with van der Waals surface area (Å²) in [6.07, 6.45) is -4.02. The van der Waals surface area contributed by atoms with Gasteiger partial charge in [0.15, 0.2) is 0 Å². The van der Waals surface area contributed by atoms with Crippen molar-refractivity contribution in [2.24, 2.45) is 0 Å². The smallest absolute Gasteiger partial charge is 0.305 e. The lowest BCUT2D eigenvalue weighted by Crippen LogP contribution is -2.36. The second-order valence-electron chi connectivity index (χ2n) is 19.7. The molecule has 6 unspecified atom stereocenters. The van der Waals surface area contributed by atoms with Crippen molar-refractivity contribution in [2.75, 3.05) is 244 Å². The molecule has 0 aliphatic rings. The van der Waals surface area contributed by atoms with Gasteiger partial charge < -0.3 is 130 Å². The molecular weight excluding hydrogens is 1260 g/mol. The molecule has 0 fully saturated rings. The van der Waals surface area contributed by atoms with Crippen LogP contribution in [0.25, 0.3) is 0 Å². The first-order valence-electron chi connectivity index (χ1n) is 31.1. The molecule has 0 bridgehead atoms. The molecule has 0 spiro atoms. The average molecular weight is 1360 g/mol. The number of carboxylic acids is 6. The van der Waals surface area contributed by atoms with E-state index in [2.05, 4.69) is 4.89 Å². The van der Waals surface area contributed by atoms with Crippen LogP contribution in [-0.2, 0) is 133 Å². The van der Waals surface area contributed by atoms with Gasteiger partial charge in [0, 0.05) is 13.2 Å². The van der Waals surface area contributed by atoms with Crippen LogP contribution in [0.3, 0.4) is 0 Å². The highest BCUT2D eigenvalue weighted by Crippen LogP contribution is 2.08. The highest BCUT2D eigenvalue weighted by Gasteiger charge is 2.21. The molecule has 0 aliphatic heterocycles. The molecule has 0 amide bonds. The fourth-order valence-electron chi connectivity index (χ4n) is 6.97. The molecule has 0 saturated carbocycles. The summed E-state index contributed by atoms with van der Waals surface area (Å²) in [7, 11) is 0. The highest BCUT2D eigenvalue weighted by atomic mass is 17.1. The van der Waals surface area contributed by atoms with E-state index in [4.69, 9.17) is 135 Å². The Labute approximate surface area is 542 Å². The average Bonchev–Trinajstić information content (AvgIpc) is 3.61. The summed E-state index contributed by atoms with van der Waals surface area (Å²) in [6, 6.07) is 0. The Morgan fingerprint density at radius 2 is 0.409 bits per heavy atom. The van der Waals surface area contributed by atoms with Crippen LogP contribution in [0.1, 0.15) is 58.3 Å². The Kier molecular flexibility index (Phi) is 64.9. The summed E-state index contributed by atoms with van der Waals surface area (Å²) in [4.78, 5) is 70.1. The number of carbonyl (C=O) groups is 6. The van der Waals surface area contributed by atoms with Crippen molar-refractivity contribution in [2.45, 2.75) is 94.9 Å². The van der Waals surface area contributed by atoms with E-state index in [0.29, 0.717) is 32.8 Å². The van der Waals surface area contributed by atoms with Gasteiger partial charge in [-0.15, -0.1) is 0 Å². The summed E-state index contributed by atoms with van der Waals surface area (Å²) in [6.45, 7) is 4.48. The zero-order chi connectivity index (χ0) is 68.3. The minimum atomic E-state index is -1.04. The van der Waals surface area contributed by atoms with Gasteiger partial charge in [0.05, 0.1) is 270 Å². The Hall–Kier alpha value is -4.10. The van der Waals surface area contributed by atoms with Crippen LogP contribution in [0.2, 0.25) is 0 Å². The van der Waals surface area contributed by atoms with Gasteiger partial charge in [-0.3, -0.25) is 34.0 Å². The maximum atomic E-state index is 11.1. The van der Waals surface area contributed by atoms with Crippen molar-refractivity contribution >= 4 is 35.8 Å². The zero-order valence-corrected chi connectivity index (χ0v) is 53.8. The predicted molar refractivity (Wildman–Crippen MR) is 318 cm³/mol. The van der Waals surface area contributed by atoms with Gasteiger partial charge in [-0.05, 0) is 12.8 Å². The van der Waals surface area contributed by atoms with Gasteiger partial charge in [0.2, 0.25) is 0 Å². The van der Waals surface area contributed by atoms with E-state index in [9.17, 15) is 28.8 Å². The van der Waals surface area contributed by atoms with Crippen molar-refractivity contribution in [3.05, 3.63) is 0 Å². The first-order chi connectivity index (χ1) is 45.1. The van der Waals surface area contributed by atoms with E-state index in [1.54, 1.807) is 0 Å². The van der Waals surface area contributed by atoms with Crippen molar-refractivity contribution in [3.8, 4) is 0 Å². The molecule has 548 valence electrons. The van der Waals surface area contributed by atoms with Crippen LogP contribution in [0, 0.1) is 0 Å². The Balaban J connectivity index is 6.26. The predicted octanol–water partition coefficient (Wildman–Crippen LogP) is 0.684. The number of rotatable bonds is 78. The van der Waals surface area contributed by atoms with Crippen LogP contribution in [0.4, 0.5) is 0 Å². The normalized spacial score (nSPS) is 13.6. The summed E-state index contributed by atoms with van der Waals surface area (Å²) >= 11 is 0. The number of ether oxygens (including phenoxy) is 21. The molecule has 0 saturated heterocycles. The number of aliphatic carboxylic acids is 6. The fourth-order valence-corrected chi connectivity index (χ4v) is 6.97. The molecule has 7 N–H and O–H groups in total. The lowest BCUT2D eigenvalue weighted by atomic mass is 10.3. The van der Waals surface area contributed by atoms with E-state index in [0.717, 1.165) is 6.42 Å². The molecule has 93 heavy (non-hydrogen) atoms. The van der Waals surface area contributed by atoms with Crippen LogP contribution in [0.15, 0.2) is 0 Å². The summed E-state index contributed by atoms with van der Waals surface area (Å²) in [5.41, 5.74) is 0. The number of hydrogen-bond acceptors (Lipinski definition) is 29. The Bertz CT molecular complexity index is 1740. The molecule has 0 radical (unpaired) electrons. The third-order valence-electron chi connectivity index (χ3n) is 11.5. The quantitative estimate of drug-likeness (QED) is 0.0250. The lowest BCUT2D eigenvalue weighted by Gasteiger charge is -2.24. The van der Waals surface area contributed by atoms with Crippen LogP contribution >= 0.6 is 0 Å². The molecule has 35 heteroatoms. The van der Waals surface area contributed by atoms with Crippen LogP contribution in [-0.4, -0.2) is 353 Å². The number of carboxylic acid groups (broad SMARTS) is 6.